The van der Waals surface area contributed by atoms with Crippen molar-refractivity contribution in [2.45, 2.75) is 147 Å². The molecule has 2 saturated carbocycles. The first-order valence-electron chi connectivity index (χ1n) is 24.6. The summed E-state index contributed by atoms with van der Waals surface area (Å²) in [5.41, 5.74) is 12.7. The van der Waals surface area contributed by atoms with E-state index in [0.717, 1.165) is 40.8 Å². The zero-order valence-corrected chi connectivity index (χ0v) is 40.1. The topological polar surface area (TPSA) is 186 Å². The number of hydrogen-bond donors (Lipinski definition) is 8. The summed E-state index contributed by atoms with van der Waals surface area (Å²) < 4.78 is 6.20. The Morgan fingerprint density at radius 1 is 0.985 bits per heavy atom. The van der Waals surface area contributed by atoms with E-state index in [1.165, 1.54) is 5.57 Å². The highest BCUT2D eigenvalue weighted by atomic mass is 16.5. The Balaban J connectivity index is 1.28. The highest BCUT2D eigenvalue weighted by Gasteiger charge is 2.64. The number of nitrogens with two attached hydrogens (primary N) is 1. The van der Waals surface area contributed by atoms with E-state index in [4.69, 9.17) is 10.5 Å². The standard InChI is InChI=1S/C56H74N4O7/c1-6-58-48-24-19-35(2)12-7-8-29-67-34-41(17-9-13-36(48)3)45-26-28-56(52(45)64)47-23-22-42(61)31-39-15-10-14-38(30-39)20-21-43(62)33-59-51-50-40(16-11-18-46(50)53(57)60-54(51)65)32-49(63)37(4)44(47)25-27-55(56,5)66/h9-11,13-19,30,42-43,45,47-48,51-53,58-59,61-62,64,66H,3,6,12,20-29,31-34,57H2,1-2,4-5H3,(H,60,65)/b13-9+,35-19+,41-17-,44-37+/t42-,43-,45+,47+,48-,51-,52+,53-,55+,56+/m0/s1. The summed E-state index contributed by atoms with van der Waals surface area (Å²) in [7, 11) is 0. The van der Waals surface area contributed by atoms with E-state index >= 15 is 0 Å². The van der Waals surface area contributed by atoms with E-state index in [-0.39, 0.29) is 49.8 Å². The number of aryl methyl sites for hydroxylation is 1. The third-order valence-corrected chi connectivity index (χ3v) is 15.6. The molecule has 7 rings (SSSR count). The van der Waals surface area contributed by atoms with Crippen LogP contribution >= 0.6 is 0 Å². The molecule has 0 radical (unpaired) electrons. The maximum absolute atomic E-state index is 14.8. The quantitative estimate of drug-likeness (QED) is 0.130. The molecule has 11 heteroatoms. The van der Waals surface area contributed by atoms with Crippen molar-refractivity contribution in [3.05, 3.63) is 129 Å². The number of aliphatic hydroxyl groups is 4. The zero-order chi connectivity index (χ0) is 47.9. The number of aliphatic hydroxyl groups excluding tert-OH is 3. The van der Waals surface area contributed by atoms with Crippen molar-refractivity contribution in [1.29, 1.82) is 0 Å². The molecule has 3 aliphatic heterocycles. The zero-order valence-electron chi connectivity index (χ0n) is 40.1. The second kappa shape index (κ2) is 22.3. The first kappa shape index (κ1) is 50.4. The molecule has 2 aliphatic carbocycles. The number of carbonyl (C=O) groups excluding carboxylic acids is 2. The van der Waals surface area contributed by atoms with Crippen molar-refractivity contribution in [2.75, 3.05) is 26.3 Å². The molecule has 3 heterocycles. The predicted molar refractivity (Wildman–Crippen MR) is 263 cm³/mol. The van der Waals surface area contributed by atoms with E-state index in [2.05, 4.69) is 60.4 Å². The van der Waals surface area contributed by atoms with Crippen molar-refractivity contribution < 1.29 is 34.8 Å². The Morgan fingerprint density at radius 3 is 2.58 bits per heavy atom. The van der Waals surface area contributed by atoms with Crippen LogP contribution in [0.2, 0.25) is 0 Å². The molecule has 360 valence electrons. The SMILES string of the molecule is C=C1/C=C/C=C(\[C@H]2CC[C@@]3([C@@H]4CC[C@H](O)Cc5cccc(c5)CC[C@H](O)CN[C@@H]5C(=O)N[C@H](N)c6cccc(c65)CC(=O)/C(C)=C/4CC[C@@]3(C)O)[C@@H]2O)COCC#CC/C(C)=C/C[C@@H]1NCC. The van der Waals surface area contributed by atoms with Crippen LogP contribution in [0.3, 0.4) is 0 Å². The van der Waals surface area contributed by atoms with Gasteiger partial charge in [0.25, 0.3) is 0 Å². The molecule has 2 aromatic rings. The van der Waals surface area contributed by atoms with Crippen LogP contribution in [0.1, 0.15) is 126 Å². The fourth-order valence-corrected chi connectivity index (χ4v) is 11.8. The molecule has 9 N–H and O–H groups in total. The number of carbonyl (C=O) groups is 2. The normalized spacial score (nSPS) is 36.0. The van der Waals surface area contributed by atoms with Gasteiger partial charge in [-0.15, -0.1) is 0 Å². The molecule has 0 unspecified atom stereocenters. The van der Waals surface area contributed by atoms with Crippen molar-refractivity contribution in [1.82, 2.24) is 16.0 Å². The van der Waals surface area contributed by atoms with Gasteiger partial charge in [0, 0.05) is 36.8 Å². The Morgan fingerprint density at radius 2 is 1.78 bits per heavy atom. The van der Waals surface area contributed by atoms with E-state index < -0.39 is 47.5 Å². The van der Waals surface area contributed by atoms with Gasteiger partial charge in [0.2, 0.25) is 5.91 Å². The number of allylic oxidation sites excluding steroid dienone is 5. The van der Waals surface area contributed by atoms with Crippen molar-refractivity contribution >= 4 is 11.7 Å². The number of Topliss-reactive ketones (excluding diaryl/α,β-unsaturated/α-hetero) is 1. The van der Waals surface area contributed by atoms with E-state index in [9.17, 15) is 30.0 Å². The van der Waals surface area contributed by atoms with Gasteiger partial charge >= 0.3 is 0 Å². The Kier molecular flexibility index (Phi) is 16.8. The predicted octanol–water partition coefficient (Wildman–Crippen LogP) is 6.22. The molecular formula is C56H74N4O7. The number of fused-ring (bicyclic) bond motifs is 4. The highest BCUT2D eigenvalue weighted by Crippen LogP contribution is 2.63. The van der Waals surface area contributed by atoms with Crippen LogP contribution in [0.4, 0.5) is 0 Å². The van der Waals surface area contributed by atoms with Crippen molar-refractivity contribution in [3.8, 4) is 11.8 Å². The molecule has 1 spiro atoms. The van der Waals surface area contributed by atoms with Crippen LogP contribution in [-0.2, 0) is 33.6 Å². The maximum Gasteiger partial charge on any atom is 0.243 e. The van der Waals surface area contributed by atoms with E-state index in [1.54, 1.807) is 0 Å². The summed E-state index contributed by atoms with van der Waals surface area (Å²) in [4.78, 5) is 28.5. The van der Waals surface area contributed by atoms with Gasteiger partial charge in [-0.2, -0.15) is 0 Å². The second-order valence-electron chi connectivity index (χ2n) is 20.0. The minimum Gasteiger partial charge on any atom is -0.393 e. The minimum absolute atomic E-state index is 0.00675. The number of likely N-dealkylation sites (N-methyl/N-ethyl adjacent to an activating group) is 1. The van der Waals surface area contributed by atoms with Gasteiger partial charge in [0.1, 0.15) is 18.8 Å². The van der Waals surface area contributed by atoms with Crippen LogP contribution in [-0.4, -0.2) is 88.4 Å². The average molecular weight is 915 g/mol. The maximum atomic E-state index is 14.8. The smallest absolute Gasteiger partial charge is 0.243 e. The number of benzene rings is 2. The van der Waals surface area contributed by atoms with Crippen LogP contribution in [0.15, 0.2) is 101 Å². The Labute approximate surface area is 398 Å². The Hall–Kier alpha value is -4.48. The van der Waals surface area contributed by atoms with Gasteiger partial charge in [-0.1, -0.05) is 103 Å². The number of rotatable bonds is 3. The Bertz CT molecular complexity index is 2330. The van der Waals surface area contributed by atoms with Crippen LogP contribution in [0, 0.1) is 29.1 Å². The van der Waals surface area contributed by atoms with Gasteiger partial charge in [0.05, 0.1) is 30.5 Å². The van der Waals surface area contributed by atoms with E-state index in [0.29, 0.717) is 86.5 Å². The molecular weight excluding hydrogens is 841 g/mol. The summed E-state index contributed by atoms with van der Waals surface area (Å²) >= 11 is 0. The minimum atomic E-state index is -1.31. The third kappa shape index (κ3) is 11.4. The summed E-state index contributed by atoms with van der Waals surface area (Å²) in [6, 6.07) is 12.9. The molecule has 0 saturated heterocycles. The third-order valence-electron chi connectivity index (χ3n) is 15.6. The second-order valence-corrected chi connectivity index (χ2v) is 20.0. The van der Waals surface area contributed by atoms with Gasteiger partial charge in [-0.05, 0) is 142 Å². The van der Waals surface area contributed by atoms with Crippen LogP contribution in [0.25, 0.3) is 0 Å². The molecule has 10 atom stereocenters. The molecule has 1 amide bonds. The molecule has 2 fully saturated rings. The highest BCUT2D eigenvalue weighted by molar-refractivity contribution is 5.98. The summed E-state index contributed by atoms with van der Waals surface area (Å²) in [6.07, 6.45) is 10.6. The average Bonchev–Trinajstić information content (AvgIpc) is 3.64. The summed E-state index contributed by atoms with van der Waals surface area (Å²) in [6.45, 7) is 13.7. The molecule has 2 bridgehead atoms. The lowest BCUT2D eigenvalue weighted by atomic mass is 9.52. The first-order valence-corrected chi connectivity index (χ1v) is 24.6. The number of ether oxygens (including phenoxy) is 1. The van der Waals surface area contributed by atoms with Gasteiger partial charge < -0.3 is 41.5 Å². The fourth-order valence-electron chi connectivity index (χ4n) is 11.8. The van der Waals surface area contributed by atoms with Crippen LogP contribution < -0.4 is 21.7 Å². The number of ketones is 1. The number of amides is 1. The molecule has 5 aliphatic rings. The van der Waals surface area contributed by atoms with E-state index in [1.807, 2.05) is 68.5 Å². The molecule has 67 heavy (non-hydrogen) atoms. The van der Waals surface area contributed by atoms with Crippen molar-refractivity contribution in [2.24, 2.45) is 23.0 Å². The largest absolute Gasteiger partial charge is 0.393 e. The summed E-state index contributed by atoms with van der Waals surface area (Å²) in [5.74, 6) is 5.17. The van der Waals surface area contributed by atoms with Gasteiger partial charge in [-0.25, -0.2) is 0 Å². The lowest BCUT2D eigenvalue weighted by molar-refractivity contribution is -0.168. The molecule has 2 aromatic carbocycles. The monoisotopic (exact) mass is 915 g/mol. The lowest BCUT2D eigenvalue weighted by Gasteiger charge is -2.56. The number of hydrogen-bond acceptors (Lipinski definition) is 10. The number of nitrogens with one attached hydrogen (secondary N) is 3. The van der Waals surface area contributed by atoms with Gasteiger partial charge in [0.15, 0.2) is 5.78 Å². The van der Waals surface area contributed by atoms with Crippen LogP contribution in [0.5, 0.6) is 0 Å². The van der Waals surface area contributed by atoms with Crippen molar-refractivity contribution in [3.63, 3.8) is 0 Å². The fraction of sp³-hybridized carbons (Fsp3) is 0.536. The van der Waals surface area contributed by atoms with Gasteiger partial charge in [-0.3, -0.25) is 14.9 Å². The first-order chi connectivity index (χ1) is 32.1. The number of β-amino-alcohol motifs (C(OH)–C–C–N with tert-alkyl or cyclic N) is 1. The molecule has 0 aromatic heterocycles. The lowest BCUT2D eigenvalue weighted by Crippen LogP contribution is -2.59. The summed E-state index contributed by atoms with van der Waals surface area (Å²) in [5, 5.41) is 58.4. The molecule has 11 nitrogen and oxygen atoms in total.